The summed E-state index contributed by atoms with van der Waals surface area (Å²) in [6, 6.07) is 5.61. The lowest BCUT2D eigenvalue weighted by molar-refractivity contribution is -0.131. The van der Waals surface area contributed by atoms with Gasteiger partial charge < -0.3 is 4.90 Å². The van der Waals surface area contributed by atoms with E-state index in [-0.39, 0.29) is 24.3 Å². The van der Waals surface area contributed by atoms with Crippen molar-refractivity contribution in [2.45, 2.75) is 32.1 Å². The van der Waals surface area contributed by atoms with Gasteiger partial charge >= 0.3 is 0 Å². The molecular weight excluding hydrogens is 307 g/mol. The van der Waals surface area contributed by atoms with Gasteiger partial charge in [0.1, 0.15) is 5.82 Å². The molecule has 0 spiro atoms. The Bertz CT molecular complexity index is 614. The Labute approximate surface area is 131 Å². The SMILES string of the molecule is CC(c1ccc(F)cc1)N(C)C(=O)CN(C)S(=O)(=O)C(C)C. The van der Waals surface area contributed by atoms with E-state index in [1.165, 1.54) is 24.1 Å². The summed E-state index contributed by atoms with van der Waals surface area (Å²) in [5.74, 6) is -0.656. The molecule has 1 aromatic carbocycles. The molecule has 1 amide bonds. The second-order valence-corrected chi connectivity index (χ2v) is 8.18. The fraction of sp³-hybridized carbons (Fsp3) is 0.533. The molecule has 1 rings (SSSR count). The lowest BCUT2D eigenvalue weighted by Crippen LogP contribution is -2.42. The van der Waals surface area contributed by atoms with Gasteiger partial charge in [-0.3, -0.25) is 4.79 Å². The fourth-order valence-electron chi connectivity index (χ4n) is 1.93. The van der Waals surface area contributed by atoms with E-state index in [1.807, 2.05) is 6.92 Å². The Morgan fingerprint density at radius 3 is 2.09 bits per heavy atom. The predicted molar refractivity (Wildman–Crippen MR) is 84.3 cm³/mol. The number of amides is 1. The highest BCUT2D eigenvalue weighted by molar-refractivity contribution is 7.89. The predicted octanol–water partition coefficient (Wildman–Crippen LogP) is 2.02. The zero-order valence-corrected chi connectivity index (χ0v) is 14.4. The van der Waals surface area contributed by atoms with Gasteiger partial charge in [-0.05, 0) is 38.5 Å². The second-order valence-electron chi connectivity index (χ2n) is 5.58. The first-order valence-corrected chi connectivity index (χ1v) is 8.54. The lowest BCUT2D eigenvalue weighted by Gasteiger charge is -2.28. The summed E-state index contributed by atoms with van der Waals surface area (Å²) in [6.07, 6.45) is 0. The molecule has 1 aromatic rings. The van der Waals surface area contributed by atoms with E-state index in [4.69, 9.17) is 0 Å². The number of halogens is 1. The molecule has 0 N–H and O–H groups in total. The first-order valence-electron chi connectivity index (χ1n) is 7.03. The molecule has 0 saturated carbocycles. The molecule has 7 heteroatoms. The maximum atomic E-state index is 12.9. The van der Waals surface area contributed by atoms with Gasteiger partial charge in [-0.25, -0.2) is 12.8 Å². The van der Waals surface area contributed by atoms with Crippen LogP contribution < -0.4 is 0 Å². The number of rotatable bonds is 6. The number of hydrogen-bond acceptors (Lipinski definition) is 3. The van der Waals surface area contributed by atoms with Gasteiger partial charge in [0.25, 0.3) is 0 Å². The van der Waals surface area contributed by atoms with Crippen molar-refractivity contribution in [1.29, 1.82) is 0 Å². The van der Waals surface area contributed by atoms with Gasteiger partial charge in [0, 0.05) is 14.1 Å². The van der Waals surface area contributed by atoms with Gasteiger partial charge in [0.2, 0.25) is 15.9 Å². The monoisotopic (exact) mass is 330 g/mol. The van der Waals surface area contributed by atoms with Crippen LogP contribution >= 0.6 is 0 Å². The summed E-state index contributed by atoms with van der Waals surface area (Å²) in [5.41, 5.74) is 0.784. The van der Waals surface area contributed by atoms with Crippen LogP contribution in [0.15, 0.2) is 24.3 Å². The molecule has 0 heterocycles. The highest BCUT2D eigenvalue weighted by Gasteiger charge is 2.26. The summed E-state index contributed by atoms with van der Waals surface area (Å²) in [5, 5.41) is -0.579. The third-order valence-electron chi connectivity index (χ3n) is 3.71. The highest BCUT2D eigenvalue weighted by atomic mass is 32.2. The zero-order valence-electron chi connectivity index (χ0n) is 13.6. The highest BCUT2D eigenvalue weighted by Crippen LogP contribution is 2.19. The summed E-state index contributed by atoms with van der Waals surface area (Å²) in [7, 11) is -0.469. The molecular formula is C15H23FN2O3S. The lowest BCUT2D eigenvalue weighted by atomic mass is 10.1. The topological polar surface area (TPSA) is 57.7 Å². The summed E-state index contributed by atoms with van der Waals surface area (Å²) < 4.78 is 38.0. The van der Waals surface area contributed by atoms with Crippen molar-refractivity contribution >= 4 is 15.9 Å². The average molecular weight is 330 g/mol. The van der Waals surface area contributed by atoms with Crippen LogP contribution in [0.25, 0.3) is 0 Å². The first-order chi connectivity index (χ1) is 10.1. The largest absolute Gasteiger partial charge is 0.338 e. The number of likely N-dealkylation sites (N-methyl/N-ethyl adjacent to an activating group) is 2. The standard InChI is InChI=1S/C15H23FN2O3S/c1-11(2)22(20,21)17(4)10-15(19)18(5)12(3)13-6-8-14(16)9-7-13/h6-9,11-12H,10H2,1-5H3. The van der Waals surface area contributed by atoms with Crippen molar-refractivity contribution in [1.82, 2.24) is 9.21 Å². The number of sulfonamides is 1. The molecule has 0 saturated heterocycles. The molecule has 0 radical (unpaired) electrons. The third-order valence-corrected chi connectivity index (χ3v) is 5.90. The molecule has 0 aliphatic carbocycles. The van der Waals surface area contributed by atoms with Crippen LogP contribution in [0, 0.1) is 5.82 Å². The number of carbonyl (C=O) groups is 1. The van der Waals surface area contributed by atoms with Crippen molar-refractivity contribution in [3.05, 3.63) is 35.6 Å². The minimum Gasteiger partial charge on any atom is -0.338 e. The maximum absolute atomic E-state index is 12.9. The van der Waals surface area contributed by atoms with E-state index in [9.17, 15) is 17.6 Å². The molecule has 0 aliphatic heterocycles. The van der Waals surface area contributed by atoms with Gasteiger partial charge in [-0.1, -0.05) is 12.1 Å². The van der Waals surface area contributed by atoms with Crippen LogP contribution in [0.1, 0.15) is 32.4 Å². The van der Waals surface area contributed by atoms with Crippen molar-refractivity contribution in [2.24, 2.45) is 0 Å². The molecule has 124 valence electrons. The van der Waals surface area contributed by atoms with Gasteiger partial charge in [0.15, 0.2) is 0 Å². The zero-order chi connectivity index (χ0) is 17.1. The molecule has 5 nitrogen and oxygen atoms in total. The molecule has 1 atom stereocenters. The molecule has 0 aliphatic rings. The smallest absolute Gasteiger partial charge is 0.238 e. The number of benzene rings is 1. The van der Waals surface area contributed by atoms with E-state index < -0.39 is 15.3 Å². The molecule has 1 unspecified atom stereocenters. The second kappa shape index (κ2) is 7.19. The van der Waals surface area contributed by atoms with E-state index >= 15 is 0 Å². The van der Waals surface area contributed by atoms with Crippen LogP contribution in [-0.4, -0.2) is 49.4 Å². The minimum absolute atomic E-state index is 0.220. The van der Waals surface area contributed by atoms with Crippen molar-refractivity contribution in [3.8, 4) is 0 Å². The van der Waals surface area contributed by atoms with E-state index in [0.29, 0.717) is 0 Å². The quantitative estimate of drug-likeness (QED) is 0.802. The van der Waals surface area contributed by atoms with Crippen molar-refractivity contribution in [3.63, 3.8) is 0 Å². The van der Waals surface area contributed by atoms with Crippen LogP contribution in [0.5, 0.6) is 0 Å². The average Bonchev–Trinajstić information content (AvgIpc) is 2.46. The van der Waals surface area contributed by atoms with Gasteiger partial charge in [0.05, 0.1) is 17.8 Å². The van der Waals surface area contributed by atoms with Crippen LogP contribution in [0.3, 0.4) is 0 Å². The maximum Gasteiger partial charge on any atom is 0.238 e. The summed E-state index contributed by atoms with van der Waals surface area (Å²) in [6.45, 7) is 4.73. The molecule has 0 fully saturated rings. The molecule has 22 heavy (non-hydrogen) atoms. The Kier molecular flexibility index (Phi) is 6.08. The van der Waals surface area contributed by atoms with Crippen molar-refractivity contribution < 1.29 is 17.6 Å². The fourth-order valence-corrected chi connectivity index (χ4v) is 2.94. The summed E-state index contributed by atoms with van der Waals surface area (Å²) in [4.78, 5) is 13.7. The van der Waals surface area contributed by atoms with Gasteiger partial charge in [-0.15, -0.1) is 0 Å². The summed E-state index contributed by atoms with van der Waals surface area (Å²) >= 11 is 0. The Morgan fingerprint density at radius 2 is 1.64 bits per heavy atom. The van der Waals surface area contributed by atoms with Crippen LogP contribution in [0.2, 0.25) is 0 Å². The number of nitrogens with zero attached hydrogens (tertiary/aromatic N) is 2. The Hall–Kier alpha value is -1.47. The van der Waals surface area contributed by atoms with E-state index in [2.05, 4.69) is 0 Å². The molecule has 0 bridgehead atoms. The number of hydrogen-bond donors (Lipinski definition) is 0. The number of carbonyl (C=O) groups excluding carboxylic acids is 1. The van der Waals surface area contributed by atoms with Crippen LogP contribution in [0.4, 0.5) is 4.39 Å². The Balaban J connectivity index is 2.79. The van der Waals surface area contributed by atoms with Crippen molar-refractivity contribution in [2.75, 3.05) is 20.6 Å². The first kappa shape index (κ1) is 18.6. The minimum atomic E-state index is -3.47. The van der Waals surface area contributed by atoms with E-state index in [0.717, 1.165) is 9.87 Å². The van der Waals surface area contributed by atoms with Crippen LogP contribution in [-0.2, 0) is 14.8 Å². The van der Waals surface area contributed by atoms with Gasteiger partial charge in [-0.2, -0.15) is 4.31 Å². The Morgan fingerprint density at radius 1 is 1.14 bits per heavy atom. The van der Waals surface area contributed by atoms with E-state index in [1.54, 1.807) is 33.0 Å². The molecule has 0 aromatic heterocycles. The third kappa shape index (κ3) is 4.27. The normalized spacial score (nSPS) is 13.5.